The summed E-state index contributed by atoms with van der Waals surface area (Å²) in [5.41, 5.74) is 7.02. The third-order valence-electron chi connectivity index (χ3n) is 6.20. The van der Waals surface area contributed by atoms with E-state index in [0.717, 1.165) is 0 Å². The SMILES string of the molecule is Cc1ccc(O)cc1.Cc1ccc(O)cc1.Cc1ccc(O)cc1.Cc1ccc(O)cc1.Cc1ccc(O)cc1.Cc1ccc(O)cc1.N=P.N=P. The molecular formula is C42H52N2O6P2. The first kappa shape index (κ1) is 48.4. The van der Waals surface area contributed by atoms with Crippen LogP contribution < -0.4 is 0 Å². The molecule has 0 aliphatic carbocycles. The van der Waals surface area contributed by atoms with Crippen molar-refractivity contribution in [3.8, 4) is 34.5 Å². The van der Waals surface area contributed by atoms with Gasteiger partial charge in [0.2, 0.25) is 0 Å². The summed E-state index contributed by atoms with van der Waals surface area (Å²) in [5, 5.41) is 63.7. The predicted molar refractivity (Wildman–Crippen MR) is 219 cm³/mol. The van der Waals surface area contributed by atoms with Gasteiger partial charge in [-0.25, -0.2) is 0 Å². The van der Waals surface area contributed by atoms with Crippen molar-refractivity contribution in [2.24, 2.45) is 0 Å². The summed E-state index contributed by atoms with van der Waals surface area (Å²) in [6.07, 6.45) is 0. The zero-order chi connectivity index (χ0) is 39.9. The van der Waals surface area contributed by atoms with Crippen molar-refractivity contribution in [1.82, 2.24) is 0 Å². The first-order chi connectivity index (χ1) is 24.7. The quantitative estimate of drug-likeness (QED) is 0.0720. The summed E-state index contributed by atoms with van der Waals surface area (Å²) in [4.78, 5) is 0. The van der Waals surface area contributed by atoms with Gasteiger partial charge in [0.25, 0.3) is 0 Å². The van der Waals surface area contributed by atoms with Gasteiger partial charge in [-0.15, -0.1) is 0 Å². The number of aryl methyl sites for hydroxylation is 6. The Labute approximate surface area is 313 Å². The first-order valence-electron chi connectivity index (χ1n) is 15.8. The highest BCUT2D eigenvalue weighted by atomic mass is 31.0. The van der Waals surface area contributed by atoms with E-state index in [1.807, 2.05) is 114 Å². The maximum Gasteiger partial charge on any atom is 0.115 e. The van der Waals surface area contributed by atoms with Crippen LogP contribution in [0.1, 0.15) is 33.4 Å². The highest BCUT2D eigenvalue weighted by Gasteiger charge is 1.85. The standard InChI is InChI=1S/6C7H8O.2H2NP/c6*1-6-2-4-7(8)5-3-6;2*1-2/h6*2-5,8H,1H3;2*1-2H. The Hall–Kier alpha value is -5.68. The van der Waals surface area contributed by atoms with Crippen LogP contribution >= 0.6 is 18.1 Å². The molecule has 0 aliphatic rings. The van der Waals surface area contributed by atoms with Gasteiger partial charge in [0.15, 0.2) is 0 Å². The summed E-state index contributed by atoms with van der Waals surface area (Å²) in [6, 6.07) is 42.6. The van der Waals surface area contributed by atoms with Crippen LogP contribution in [0.2, 0.25) is 0 Å². The van der Waals surface area contributed by atoms with E-state index in [1.165, 1.54) is 33.4 Å². The van der Waals surface area contributed by atoms with Crippen LogP contribution in [0.5, 0.6) is 34.5 Å². The Balaban J connectivity index is 0. The van der Waals surface area contributed by atoms with Crippen molar-refractivity contribution in [2.75, 3.05) is 0 Å². The molecule has 0 aromatic heterocycles. The van der Waals surface area contributed by atoms with Crippen molar-refractivity contribution in [3.05, 3.63) is 179 Å². The van der Waals surface area contributed by atoms with Crippen LogP contribution in [0, 0.1) is 51.9 Å². The van der Waals surface area contributed by atoms with E-state index in [9.17, 15) is 0 Å². The van der Waals surface area contributed by atoms with Crippen LogP contribution in [0.25, 0.3) is 0 Å². The van der Waals surface area contributed by atoms with E-state index in [-0.39, 0.29) is 0 Å². The molecule has 0 radical (unpaired) electrons. The van der Waals surface area contributed by atoms with Gasteiger partial charge in [-0.1, -0.05) is 106 Å². The summed E-state index contributed by atoms with van der Waals surface area (Å²) >= 11 is 0. The molecule has 0 saturated carbocycles. The molecule has 0 heterocycles. The van der Waals surface area contributed by atoms with Crippen LogP contribution in [0.4, 0.5) is 0 Å². The third kappa shape index (κ3) is 28.2. The number of hydrogen-bond acceptors (Lipinski definition) is 8. The van der Waals surface area contributed by atoms with Gasteiger partial charge in [-0.3, -0.25) is 10.3 Å². The summed E-state index contributed by atoms with van der Waals surface area (Å²) in [6.45, 7) is 11.9. The van der Waals surface area contributed by atoms with Gasteiger partial charge in [-0.05, 0) is 132 Å². The number of nitrogens with one attached hydrogen (secondary N) is 2. The van der Waals surface area contributed by atoms with Gasteiger partial charge < -0.3 is 30.6 Å². The van der Waals surface area contributed by atoms with Crippen LogP contribution in [-0.2, 0) is 0 Å². The molecule has 0 atom stereocenters. The second-order valence-electron chi connectivity index (χ2n) is 11.0. The average molecular weight is 743 g/mol. The lowest BCUT2D eigenvalue weighted by atomic mass is 10.2. The molecular weight excluding hydrogens is 690 g/mol. The normalized spacial score (nSPS) is 8.58. The van der Waals surface area contributed by atoms with E-state index in [2.05, 4.69) is 18.1 Å². The number of rotatable bonds is 0. The van der Waals surface area contributed by atoms with Crippen LogP contribution in [0.3, 0.4) is 0 Å². The Bertz CT molecular complexity index is 1250. The fraction of sp³-hybridized carbons (Fsp3) is 0.143. The third-order valence-corrected chi connectivity index (χ3v) is 6.20. The van der Waals surface area contributed by atoms with E-state index in [4.69, 9.17) is 41.0 Å². The lowest BCUT2D eigenvalue weighted by Crippen LogP contribution is -1.66. The minimum absolute atomic E-state index is 0.329. The fourth-order valence-electron chi connectivity index (χ4n) is 3.27. The van der Waals surface area contributed by atoms with Gasteiger partial charge in [-0.2, -0.15) is 0 Å². The van der Waals surface area contributed by atoms with Crippen molar-refractivity contribution < 1.29 is 30.6 Å². The van der Waals surface area contributed by atoms with Crippen LogP contribution in [0.15, 0.2) is 146 Å². The van der Waals surface area contributed by atoms with Crippen molar-refractivity contribution in [3.63, 3.8) is 0 Å². The maximum absolute atomic E-state index is 8.76. The lowest BCUT2D eigenvalue weighted by Gasteiger charge is -1.89. The molecule has 6 rings (SSSR count). The van der Waals surface area contributed by atoms with Crippen molar-refractivity contribution >= 4 is 18.1 Å². The zero-order valence-electron chi connectivity index (χ0n) is 30.5. The Kier molecular flexibility index (Phi) is 28.1. The number of benzene rings is 6. The molecule has 276 valence electrons. The van der Waals surface area contributed by atoms with Gasteiger partial charge in [0, 0.05) is 0 Å². The van der Waals surface area contributed by atoms with Crippen molar-refractivity contribution in [1.29, 1.82) is 10.3 Å². The van der Waals surface area contributed by atoms with E-state index in [1.54, 1.807) is 72.8 Å². The van der Waals surface area contributed by atoms with E-state index in [0.29, 0.717) is 34.5 Å². The Morgan fingerprint density at radius 2 is 0.308 bits per heavy atom. The van der Waals surface area contributed by atoms with Crippen LogP contribution in [-0.4, -0.2) is 30.6 Å². The van der Waals surface area contributed by atoms with E-state index >= 15 is 0 Å². The minimum Gasteiger partial charge on any atom is -0.508 e. The number of phenolic OH excluding ortho intramolecular Hbond substituents is 6. The number of phenols is 6. The predicted octanol–water partition coefficient (Wildman–Crippen LogP) is 12.0. The number of hydrogen-bond donors (Lipinski definition) is 8. The molecule has 0 spiro atoms. The maximum atomic E-state index is 8.76. The second kappa shape index (κ2) is 30.2. The fourth-order valence-corrected chi connectivity index (χ4v) is 3.27. The molecule has 8 nitrogen and oxygen atoms in total. The van der Waals surface area contributed by atoms with Gasteiger partial charge in [0.05, 0.1) is 0 Å². The number of aromatic hydroxyl groups is 6. The highest BCUT2D eigenvalue weighted by Crippen LogP contribution is 2.10. The topological polar surface area (TPSA) is 169 Å². The molecule has 0 unspecified atom stereocenters. The van der Waals surface area contributed by atoms with Crippen molar-refractivity contribution in [2.45, 2.75) is 41.5 Å². The monoisotopic (exact) mass is 742 g/mol. The second-order valence-corrected chi connectivity index (χ2v) is 11.0. The Morgan fingerprint density at radius 3 is 0.365 bits per heavy atom. The highest BCUT2D eigenvalue weighted by molar-refractivity contribution is 7.02. The zero-order valence-corrected chi connectivity index (χ0v) is 32.5. The molecule has 0 saturated heterocycles. The average Bonchev–Trinajstić information content (AvgIpc) is 3.15. The molecule has 6 aromatic rings. The first-order valence-corrected chi connectivity index (χ1v) is 16.8. The smallest absolute Gasteiger partial charge is 0.115 e. The van der Waals surface area contributed by atoms with E-state index < -0.39 is 0 Å². The molecule has 52 heavy (non-hydrogen) atoms. The molecule has 8 N–H and O–H groups in total. The molecule has 0 bridgehead atoms. The summed E-state index contributed by atoms with van der Waals surface area (Å²) < 4.78 is 0. The molecule has 0 amide bonds. The lowest BCUT2D eigenvalue weighted by molar-refractivity contribution is 0.474. The molecule has 0 aliphatic heterocycles. The summed E-state index contributed by atoms with van der Waals surface area (Å²) in [5.74, 6) is 1.98. The molecule has 0 fully saturated rings. The largest absolute Gasteiger partial charge is 0.508 e. The molecule has 6 aromatic carbocycles. The molecule has 10 heteroatoms. The Morgan fingerprint density at radius 1 is 0.231 bits per heavy atom. The minimum atomic E-state index is 0.329. The summed E-state index contributed by atoms with van der Waals surface area (Å²) in [7, 11) is 4.44. The van der Waals surface area contributed by atoms with Gasteiger partial charge in [0.1, 0.15) is 34.5 Å². The van der Waals surface area contributed by atoms with Gasteiger partial charge >= 0.3 is 0 Å².